The predicted molar refractivity (Wildman–Crippen MR) is 118 cm³/mol. The highest BCUT2D eigenvalue weighted by Gasteiger charge is 2.18. The number of nitrogens with one attached hydrogen (secondary N) is 1. The van der Waals surface area contributed by atoms with Gasteiger partial charge < -0.3 is 10.1 Å². The van der Waals surface area contributed by atoms with Gasteiger partial charge in [0.05, 0.1) is 29.4 Å². The molecule has 1 aromatic heterocycles. The van der Waals surface area contributed by atoms with E-state index in [2.05, 4.69) is 29.0 Å². The van der Waals surface area contributed by atoms with Gasteiger partial charge in [0.1, 0.15) is 5.56 Å². The lowest BCUT2D eigenvalue weighted by molar-refractivity contribution is 0.0527. The number of esters is 1. The molecule has 0 atom stereocenters. The Kier molecular flexibility index (Phi) is 6.73. The largest absolute Gasteiger partial charge is 0.462 e. The highest BCUT2D eigenvalue weighted by Crippen LogP contribution is 2.31. The standard InChI is InChI=1S/C23H23N3O2S/c1-3-18-9-17(11-24)10-19-21(18)26-13-20(23(27)28-4-2)22(19)25-12-15-5-7-16(14-29)8-6-15/h5-10,13,29H,3-4,12,14H2,1-2H3,(H,25,26). The van der Waals surface area contributed by atoms with Crippen LogP contribution in [0.25, 0.3) is 10.9 Å². The SMILES string of the molecule is CCOC(=O)c1cnc2c(CC)cc(C#N)cc2c1NCc1ccc(CS)cc1. The maximum atomic E-state index is 12.5. The van der Waals surface area contributed by atoms with E-state index in [9.17, 15) is 10.1 Å². The van der Waals surface area contributed by atoms with Crippen molar-refractivity contribution in [1.29, 1.82) is 5.26 Å². The van der Waals surface area contributed by atoms with Crippen LogP contribution in [0.15, 0.2) is 42.6 Å². The van der Waals surface area contributed by atoms with Crippen molar-refractivity contribution in [2.24, 2.45) is 0 Å². The molecule has 0 spiro atoms. The average Bonchev–Trinajstić information content (AvgIpc) is 2.76. The van der Waals surface area contributed by atoms with Crippen LogP contribution in [0.5, 0.6) is 0 Å². The summed E-state index contributed by atoms with van der Waals surface area (Å²) in [6, 6.07) is 14.0. The number of hydrogen-bond donors (Lipinski definition) is 2. The number of anilines is 1. The number of aryl methyl sites for hydroxylation is 1. The molecule has 0 radical (unpaired) electrons. The van der Waals surface area contributed by atoms with Crippen molar-refractivity contribution >= 4 is 35.2 Å². The zero-order valence-corrected chi connectivity index (χ0v) is 17.4. The molecule has 0 unspecified atom stereocenters. The molecule has 0 saturated heterocycles. The first-order valence-corrected chi connectivity index (χ1v) is 10.2. The molecule has 5 nitrogen and oxygen atoms in total. The second-order valence-corrected chi connectivity index (χ2v) is 6.91. The van der Waals surface area contributed by atoms with Crippen molar-refractivity contribution in [3.8, 4) is 6.07 Å². The van der Waals surface area contributed by atoms with E-state index >= 15 is 0 Å². The van der Waals surface area contributed by atoms with Crippen LogP contribution in [0.4, 0.5) is 5.69 Å². The quantitative estimate of drug-likeness (QED) is 0.432. The van der Waals surface area contributed by atoms with Crippen molar-refractivity contribution < 1.29 is 9.53 Å². The number of pyridine rings is 1. The smallest absolute Gasteiger partial charge is 0.341 e. The molecule has 2 aromatic carbocycles. The van der Waals surface area contributed by atoms with Crippen molar-refractivity contribution in [1.82, 2.24) is 4.98 Å². The summed E-state index contributed by atoms with van der Waals surface area (Å²) in [7, 11) is 0. The number of rotatable bonds is 7. The summed E-state index contributed by atoms with van der Waals surface area (Å²) >= 11 is 4.29. The molecular formula is C23H23N3O2S. The molecule has 6 heteroatoms. The van der Waals surface area contributed by atoms with E-state index in [0.29, 0.717) is 29.1 Å². The topological polar surface area (TPSA) is 75.0 Å². The minimum Gasteiger partial charge on any atom is -0.462 e. The fourth-order valence-corrected chi connectivity index (χ4v) is 3.43. The highest BCUT2D eigenvalue weighted by atomic mass is 32.1. The summed E-state index contributed by atoms with van der Waals surface area (Å²) in [5.74, 6) is 0.252. The Morgan fingerprint density at radius 2 is 1.93 bits per heavy atom. The van der Waals surface area contributed by atoms with Crippen LogP contribution < -0.4 is 5.32 Å². The Balaban J connectivity index is 2.09. The van der Waals surface area contributed by atoms with Gasteiger partial charge in [-0.05, 0) is 42.2 Å². The third-order valence-electron chi connectivity index (χ3n) is 4.73. The van der Waals surface area contributed by atoms with Crippen molar-refractivity contribution in [2.75, 3.05) is 11.9 Å². The number of nitriles is 1. The highest BCUT2D eigenvalue weighted by molar-refractivity contribution is 7.79. The van der Waals surface area contributed by atoms with Gasteiger partial charge in [0.25, 0.3) is 0 Å². The molecule has 0 bridgehead atoms. The Bertz CT molecular complexity index is 1070. The summed E-state index contributed by atoms with van der Waals surface area (Å²) in [6.45, 7) is 4.59. The van der Waals surface area contributed by atoms with Crippen molar-refractivity contribution in [3.05, 3.63) is 70.4 Å². The summed E-state index contributed by atoms with van der Waals surface area (Å²) < 4.78 is 5.22. The Morgan fingerprint density at radius 3 is 2.55 bits per heavy atom. The molecule has 1 heterocycles. The third kappa shape index (κ3) is 4.52. The number of benzene rings is 2. The van der Waals surface area contributed by atoms with Crippen LogP contribution in [0, 0.1) is 11.3 Å². The Labute approximate surface area is 176 Å². The molecule has 148 valence electrons. The van der Waals surface area contributed by atoms with Crippen LogP contribution in [0.1, 0.15) is 46.5 Å². The molecule has 0 aliphatic rings. The van der Waals surface area contributed by atoms with Gasteiger partial charge in [0, 0.05) is 23.9 Å². The molecule has 3 rings (SSSR count). The molecule has 0 saturated carbocycles. The first-order valence-electron chi connectivity index (χ1n) is 9.56. The van der Waals surface area contributed by atoms with Gasteiger partial charge in [-0.25, -0.2) is 4.79 Å². The van der Waals surface area contributed by atoms with Crippen LogP contribution >= 0.6 is 12.6 Å². The number of nitrogens with zero attached hydrogens (tertiary/aromatic N) is 2. The molecular weight excluding hydrogens is 382 g/mol. The number of carbonyl (C=O) groups is 1. The summed E-state index contributed by atoms with van der Waals surface area (Å²) in [5.41, 5.74) is 5.51. The number of thiol groups is 1. The summed E-state index contributed by atoms with van der Waals surface area (Å²) in [4.78, 5) is 17.0. The van der Waals surface area contributed by atoms with Gasteiger partial charge in [-0.2, -0.15) is 17.9 Å². The minimum atomic E-state index is -0.435. The van der Waals surface area contributed by atoms with E-state index in [1.165, 1.54) is 0 Å². The molecule has 0 aliphatic carbocycles. The summed E-state index contributed by atoms with van der Waals surface area (Å²) in [5, 5.41) is 13.6. The van der Waals surface area contributed by atoms with Gasteiger partial charge in [-0.3, -0.25) is 4.98 Å². The summed E-state index contributed by atoms with van der Waals surface area (Å²) in [6.07, 6.45) is 2.29. The lowest BCUT2D eigenvalue weighted by Gasteiger charge is -2.16. The Hall–Kier alpha value is -3.04. The van der Waals surface area contributed by atoms with Gasteiger partial charge >= 0.3 is 5.97 Å². The van der Waals surface area contributed by atoms with Crippen molar-refractivity contribution in [3.63, 3.8) is 0 Å². The first kappa shape index (κ1) is 20.7. The van der Waals surface area contributed by atoms with Gasteiger partial charge in [-0.1, -0.05) is 31.2 Å². The average molecular weight is 406 g/mol. The monoisotopic (exact) mass is 405 g/mol. The number of fused-ring (bicyclic) bond motifs is 1. The lowest BCUT2D eigenvalue weighted by Crippen LogP contribution is -2.11. The third-order valence-corrected chi connectivity index (χ3v) is 5.10. The molecule has 0 amide bonds. The van der Waals surface area contributed by atoms with E-state index in [4.69, 9.17) is 4.74 Å². The normalized spacial score (nSPS) is 10.6. The molecule has 0 aliphatic heterocycles. The number of hydrogen-bond acceptors (Lipinski definition) is 6. The fourth-order valence-electron chi connectivity index (χ4n) is 3.22. The van der Waals surface area contributed by atoms with E-state index < -0.39 is 5.97 Å². The number of aromatic nitrogens is 1. The van der Waals surface area contributed by atoms with E-state index in [-0.39, 0.29) is 6.61 Å². The van der Waals surface area contributed by atoms with E-state index in [1.807, 2.05) is 37.3 Å². The minimum absolute atomic E-state index is 0.278. The van der Waals surface area contributed by atoms with Crippen LogP contribution in [-0.4, -0.2) is 17.6 Å². The predicted octanol–water partition coefficient (Wildman–Crippen LogP) is 4.89. The van der Waals surface area contributed by atoms with Gasteiger partial charge in [0.2, 0.25) is 0 Å². The van der Waals surface area contributed by atoms with Gasteiger partial charge in [-0.15, -0.1) is 0 Å². The zero-order valence-electron chi connectivity index (χ0n) is 16.5. The van der Waals surface area contributed by atoms with Crippen LogP contribution in [0.3, 0.4) is 0 Å². The molecule has 29 heavy (non-hydrogen) atoms. The lowest BCUT2D eigenvalue weighted by atomic mass is 10.0. The molecule has 0 fully saturated rings. The van der Waals surface area contributed by atoms with Gasteiger partial charge in [0.15, 0.2) is 0 Å². The van der Waals surface area contributed by atoms with Crippen LogP contribution in [-0.2, 0) is 23.5 Å². The fraction of sp³-hybridized carbons (Fsp3) is 0.261. The van der Waals surface area contributed by atoms with E-state index in [1.54, 1.807) is 19.2 Å². The first-order chi connectivity index (χ1) is 14.1. The maximum absolute atomic E-state index is 12.5. The Morgan fingerprint density at radius 1 is 1.21 bits per heavy atom. The molecule has 1 N–H and O–H groups in total. The van der Waals surface area contributed by atoms with Crippen LogP contribution in [0.2, 0.25) is 0 Å². The number of ether oxygens (including phenoxy) is 1. The second-order valence-electron chi connectivity index (χ2n) is 6.59. The zero-order chi connectivity index (χ0) is 20.8. The molecule has 3 aromatic rings. The maximum Gasteiger partial charge on any atom is 0.341 e. The van der Waals surface area contributed by atoms with Crippen molar-refractivity contribution in [2.45, 2.75) is 32.6 Å². The second kappa shape index (κ2) is 9.44. The van der Waals surface area contributed by atoms with E-state index in [0.717, 1.165) is 34.0 Å². The number of carbonyl (C=O) groups excluding carboxylic acids is 1.